The van der Waals surface area contributed by atoms with E-state index in [9.17, 15) is 9.59 Å². The van der Waals surface area contributed by atoms with E-state index in [4.69, 9.17) is 21.4 Å². The third-order valence-electron chi connectivity index (χ3n) is 2.71. The van der Waals surface area contributed by atoms with Crippen molar-refractivity contribution in [2.75, 3.05) is 13.7 Å². The quantitative estimate of drug-likeness (QED) is 0.866. The van der Waals surface area contributed by atoms with Crippen LogP contribution in [0.15, 0.2) is 18.2 Å². The van der Waals surface area contributed by atoms with Crippen LogP contribution in [0.2, 0.25) is 5.02 Å². The van der Waals surface area contributed by atoms with Crippen molar-refractivity contribution in [1.29, 1.82) is 0 Å². The van der Waals surface area contributed by atoms with Gasteiger partial charge in [0, 0.05) is 17.7 Å². The van der Waals surface area contributed by atoms with Crippen LogP contribution >= 0.6 is 11.6 Å². The van der Waals surface area contributed by atoms with Gasteiger partial charge in [-0.15, -0.1) is 0 Å². The van der Waals surface area contributed by atoms with Gasteiger partial charge in [0.2, 0.25) is 0 Å². The van der Waals surface area contributed by atoms with Crippen molar-refractivity contribution in [3.8, 4) is 0 Å². The number of methoxy groups -OCH3 is 1. The number of amides is 1. The number of benzene rings is 1. The van der Waals surface area contributed by atoms with Crippen molar-refractivity contribution >= 4 is 23.5 Å². The van der Waals surface area contributed by atoms with Gasteiger partial charge in [-0.3, -0.25) is 4.79 Å². The number of aryl methyl sites for hydroxylation is 1. The maximum Gasteiger partial charge on any atom is 0.331 e. The summed E-state index contributed by atoms with van der Waals surface area (Å²) in [6.07, 6.45) is 0. The molecule has 0 aliphatic carbocycles. The highest BCUT2D eigenvalue weighted by Gasteiger charge is 2.35. The predicted molar refractivity (Wildman–Crippen MR) is 71.6 cm³/mol. The van der Waals surface area contributed by atoms with E-state index in [-0.39, 0.29) is 6.61 Å². The summed E-state index contributed by atoms with van der Waals surface area (Å²) in [6, 6.07) is 4.74. The summed E-state index contributed by atoms with van der Waals surface area (Å²) in [7, 11) is 1.37. The Labute approximate surface area is 116 Å². The number of hydrogen-bond donors (Lipinski definition) is 2. The minimum atomic E-state index is -1.47. The molecule has 0 radical (unpaired) electrons. The lowest BCUT2D eigenvalue weighted by Gasteiger charge is -2.25. The summed E-state index contributed by atoms with van der Waals surface area (Å²) >= 11 is 5.87. The zero-order chi connectivity index (χ0) is 14.6. The summed E-state index contributed by atoms with van der Waals surface area (Å²) in [6.45, 7) is 3.03. The molecule has 0 fully saturated rings. The van der Waals surface area contributed by atoms with Gasteiger partial charge in [0.1, 0.15) is 0 Å². The van der Waals surface area contributed by atoms with E-state index in [2.05, 4.69) is 5.32 Å². The molecule has 6 heteroatoms. The number of aliphatic carboxylic acids is 1. The highest BCUT2D eigenvalue weighted by Crippen LogP contribution is 2.17. The molecule has 0 aliphatic heterocycles. The number of rotatable bonds is 5. The number of carbonyl (C=O) groups excluding carboxylic acids is 1. The number of carbonyl (C=O) groups is 2. The van der Waals surface area contributed by atoms with Crippen LogP contribution in [0, 0.1) is 6.92 Å². The van der Waals surface area contributed by atoms with E-state index in [0.29, 0.717) is 10.6 Å². The lowest BCUT2D eigenvalue weighted by Crippen LogP contribution is -2.55. The molecule has 5 nitrogen and oxygen atoms in total. The van der Waals surface area contributed by atoms with Crippen molar-refractivity contribution in [3.63, 3.8) is 0 Å². The van der Waals surface area contributed by atoms with Crippen molar-refractivity contribution in [3.05, 3.63) is 34.3 Å². The van der Waals surface area contributed by atoms with E-state index in [1.54, 1.807) is 25.1 Å². The minimum absolute atomic E-state index is 0.124. The topological polar surface area (TPSA) is 75.6 Å². The molecule has 0 aromatic heterocycles. The van der Waals surface area contributed by atoms with E-state index < -0.39 is 17.4 Å². The van der Waals surface area contributed by atoms with Gasteiger partial charge in [0.15, 0.2) is 5.54 Å². The molecule has 0 saturated heterocycles. The Hall–Kier alpha value is -1.59. The second-order valence-electron chi connectivity index (χ2n) is 4.49. The Morgan fingerprint density at radius 3 is 2.58 bits per heavy atom. The summed E-state index contributed by atoms with van der Waals surface area (Å²) in [5.74, 6) is -1.64. The number of carboxylic acid groups (broad SMARTS) is 1. The second kappa shape index (κ2) is 6.04. The second-order valence-corrected chi connectivity index (χ2v) is 4.90. The van der Waals surface area contributed by atoms with Crippen LogP contribution in [0.4, 0.5) is 0 Å². The standard InChI is InChI=1S/C13H16ClNO4/c1-8-6-9(4-5-10(8)14)11(16)15-13(2,7-19-3)12(17)18/h4-6H,7H2,1-3H3,(H,15,16)(H,17,18). The third-order valence-corrected chi connectivity index (χ3v) is 3.14. The van der Waals surface area contributed by atoms with Crippen LogP contribution < -0.4 is 5.32 Å². The largest absolute Gasteiger partial charge is 0.479 e. The fourth-order valence-electron chi connectivity index (χ4n) is 1.55. The summed E-state index contributed by atoms with van der Waals surface area (Å²) in [5, 5.41) is 12.1. The molecule has 0 saturated carbocycles. The van der Waals surface area contributed by atoms with Gasteiger partial charge in [0.05, 0.1) is 6.61 Å². The van der Waals surface area contributed by atoms with Gasteiger partial charge in [-0.2, -0.15) is 0 Å². The van der Waals surface area contributed by atoms with Crippen LogP contribution in [0.3, 0.4) is 0 Å². The molecule has 1 amide bonds. The molecule has 0 spiro atoms. The Kier molecular flexibility index (Phi) is 4.91. The van der Waals surface area contributed by atoms with Gasteiger partial charge in [-0.25, -0.2) is 4.79 Å². The van der Waals surface area contributed by atoms with Gasteiger partial charge in [0.25, 0.3) is 5.91 Å². The summed E-state index contributed by atoms with van der Waals surface area (Å²) in [4.78, 5) is 23.2. The highest BCUT2D eigenvalue weighted by molar-refractivity contribution is 6.31. The van der Waals surface area contributed by atoms with E-state index in [0.717, 1.165) is 5.56 Å². The zero-order valence-corrected chi connectivity index (χ0v) is 11.7. The molecule has 19 heavy (non-hydrogen) atoms. The van der Waals surface area contributed by atoms with Crippen molar-refractivity contribution in [1.82, 2.24) is 5.32 Å². The average molecular weight is 286 g/mol. The molecule has 0 heterocycles. The molecule has 1 aromatic rings. The first-order valence-corrected chi connectivity index (χ1v) is 5.99. The van der Waals surface area contributed by atoms with Gasteiger partial charge in [-0.1, -0.05) is 11.6 Å². The number of halogens is 1. The number of nitrogens with one attached hydrogen (secondary N) is 1. The molecule has 0 bridgehead atoms. The number of ether oxygens (including phenoxy) is 1. The van der Waals surface area contributed by atoms with Crippen LogP contribution in [-0.4, -0.2) is 36.2 Å². The molecule has 104 valence electrons. The average Bonchev–Trinajstić information content (AvgIpc) is 2.32. The molecule has 1 rings (SSSR count). The van der Waals surface area contributed by atoms with Crippen LogP contribution in [0.1, 0.15) is 22.8 Å². The maximum atomic E-state index is 12.0. The lowest BCUT2D eigenvalue weighted by atomic mass is 10.0. The highest BCUT2D eigenvalue weighted by atomic mass is 35.5. The first-order chi connectivity index (χ1) is 8.80. The number of carboxylic acids is 1. The third kappa shape index (κ3) is 3.68. The summed E-state index contributed by atoms with van der Waals surface area (Å²) in [5.41, 5.74) is -0.372. The smallest absolute Gasteiger partial charge is 0.331 e. The lowest BCUT2D eigenvalue weighted by molar-refractivity contribution is -0.145. The van der Waals surface area contributed by atoms with Crippen molar-refractivity contribution < 1.29 is 19.4 Å². The van der Waals surface area contributed by atoms with Gasteiger partial charge in [-0.05, 0) is 37.6 Å². The van der Waals surface area contributed by atoms with Crippen LogP contribution in [0.5, 0.6) is 0 Å². The van der Waals surface area contributed by atoms with Gasteiger partial charge < -0.3 is 15.2 Å². The first kappa shape index (κ1) is 15.5. The Balaban J connectivity index is 2.94. The molecule has 1 unspecified atom stereocenters. The molecule has 2 N–H and O–H groups in total. The molecular weight excluding hydrogens is 270 g/mol. The number of hydrogen-bond acceptors (Lipinski definition) is 3. The fraction of sp³-hybridized carbons (Fsp3) is 0.385. The fourth-order valence-corrected chi connectivity index (χ4v) is 1.67. The van der Waals surface area contributed by atoms with E-state index in [1.165, 1.54) is 14.0 Å². The van der Waals surface area contributed by atoms with Crippen molar-refractivity contribution in [2.45, 2.75) is 19.4 Å². The maximum absolute atomic E-state index is 12.0. The molecule has 1 aromatic carbocycles. The summed E-state index contributed by atoms with van der Waals surface area (Å²) < 4.78 is 4.83. The Morgan fingerprint density at radius 1 is 1.47 bits per heavy atom. The van der Waals surface area contributed by atoms with E-state index >= 15 is 0 Å². The SMILES string of the molecule is COCC(C)(NC(=O)c1ccc(Cl)c(C)c1)C(=O)O. The normalized spacial score (nSPS) is 13.7. The zero-order valence-electron chi connectivity index (χ0n) is 11.0. The van der Waals surface area contributed by atoms with E-state index in [1.807, 2.05) is 0 Å². The Morgan fingerprint density at radius 2 is 2.11 bits per heavy atom. The minimum Gasteiger partial charge on any atom is -0.479 e. The first-order valence-electron chi connectivity index (χ1n) is 5.61. The van der Waals surface area contributed by atoms with Crippen LogP contribution in [0.25, 0.3) is 0 Å². The Bertz CT molecular complexity index is 503. The molecule has 0 aliphatic rings. The monoisotopic (exact) mass is 285 g/mol. The molecular formula is C13H16ClNO4. The van der Waals surface area contributed by atoms with Crippen molar-refractivity contribution in [2.24, 2.45) is 0 Å². The molecule has 1 atom stereocenters. The van der Waals surface area contributed by atoms with Crippen LogP contribution in [-0.2, 0) is 9.53 Å². The predicted octanol–water partition coefficient (Wildman–Crippen LogP) is 1.87. The van der Waals surface area contributed by atoms with Gasteiger partial charge >= 0.3 is 5.97 Å².